The van der Waals surface area contributed by atoms with Gasteiger partial charge in [0.1, 0.15) is 5.82 Å². The summed E-state index contributed by atoms with van der Waals surface area (Å²) in [5.41, 5.74) is 1.15. The van der Waals surface area contributed by atoms with Gasteiger partial charge in [-0.2, -0.15) is 0 Å². The average molecular weight is 329 g/mol. The first-order chi connectivity index (χ1) is 9.25. The molecule has 0 radical (unpaired) electrons. The molecule has 2 heterocycles. The zero-order valence-corrected chi connectivity index (χ0v) is 12.9. The molecule has 19 heavy (non-hydrogen) atoms. The number of rotatable bonds is 7. The molecule has 4 nitrogen and oxygen atoms in total. The summed E-state index contributed by atoms with van der Waals surface area (Å²) in [7, 11) is 0. The molecule has 1 aromatic heterocycles. The first kappa shape index (κ1) is 14.8. The van der Waals surface area contributed by atoms with E-state index >= 15 is 0 Å². The van der Waals surface area contributed by atoms with Gasteiger partial charge in [-0.15, -0.1) is 0 Å². The minimum absolute atomic E-state index is 0.323. The highest BCUT2D eigenvalue weighted by molar-refractivity contribution is 9.10. The third-order valence-electron chi connectivity index (χ3n) is 3.13. The molecule has 1 aliphatic rings. The fourth-order valence-electron chi connectivity index (χ4n) is 2.10. The van der Waals surface area contributed by atoms with Gasteiger partial charge in [-0.05, 0) is 53.7 Å². The first-order valence-corrected chi connectivity index (χ1v) is 7.60. The van der Waals surface area contributed by atoms with E-state index in [2.05, 4.69) is 32.3 Å². The maximum Gasteiger partial charge on any atom is 0.128 e. The molecule has 1 saturated heterocycles. The number of hydrogen-bond donors (Lipinski definition) is 1. The van der Waals surface area contributed by atoms with Crippen LogP contribution >= 0.6 is 15.9 Å². The Balaban J connectivity index is 1.56. The molecule has 0 aromatic carbocycles. The number of aromatic nitrogens is 1. The zero-order valence-electron chi connectivity index (χ0n) is 11.3. The highest BCUT2D eigenvalue weighted by Gasteiger charge is 2.14. The Hall–Kier alpha value is -0.650. The second-order valence-electron chi connectivity index (χ2n) is 4.81. The monoisotopic (exact) mass is 328 g/mol. The molecule has 2 rings (SSSR count). The van der Waals surface area contributed by atoms with E-state index in [0.717, 1.165) is 55.1 Å². The van der Waals surface area contributed by atoms with Gasteiger partial charge in [-0.1, -0.05) is 0 Å². The van der Waals surface area contributed by atoms with E-state index in [-0.39, 0.29) is 0 Å². The second kappa shape index (κ2) is 7.82. The second-order valence-corrected chi connectivity index (χ2v) is 5.72. The van der Waals surface area contributed by atoms with Gasteiger partial charge in [0.2, 0.25) is 0 Å². The molecule has 1 aliphatic heterocycles. The Kier molecular flexibility index (Phi) is 6.07. The number of pyridine rings is 1. The van der Waals surface area contributed by atoms with Gasteiger partial charge in [-0.25, -0.2) is 4.98 Å². The van der Waals surface area contributed by atoms with Crippen LogP contribution in [0.2, 0.25) is 0 Å². The summed E-state index contributed by atoms with van der Waals surface area (Å²) in [4.78, 5) is 4.34. The van der Waals surface area contributed by atoms with E-state index in [0.29, 0.717) is 6.10 Å². The molecule has 5 heteroatoms. The lowest BCUT2D eigenvalue weighted by atomic mass is 10.2. The van der Waals surface area contributed by atoms with Crippen LogP contribution in [0, 0.1) is 6.92 Å². The van der Waals surface area contributed by atoms with E-state index in [1.165, 1.54) is 6.42 Å². The lowest BCUT2D eigenvalue weighted by Gasteiger charge is -2.11. The van der Waals surface area contributed by atoms with E-state index in [1.807, 2.05) is 13.1 Å². The standard InChI is InChI=1S/C14H21BrN2O2/c1-11-8-12(15)9-17-14(11)16-5-3-6-18-10-13-4-2-7-19-13/h8-9,13H,2-7,10H2,1H3,(H,16,17). The van der Waals surface area contributed by atoms with Crippen LogP contribution in [0.1, 0.15) is 24.8 Å². The van der Waals surface area contributed by atoms with Crippen molar-refractivity contribution in [3.63, 3.8) is 0 Å². The minimum Gasteiger partial charge on any atom is -0.379 e. The zero-order chi connectivity index (χ0) is 13.5. The largest absolute Gasteiger partial charge is 0.379 e. The van der Waals surface area contributed by atoms with Crippen molar-refractivity contribution in [1.82, 2.24) is 4.98 Å². The molecule has 1 aromatic rings. The number of nitrogens with zero attached hydrogens (tertiary/aromatic N) is 1. The predicted octanol–water partition coefficient (Wildman–Crippen LogP) is 3.15. The van der Waals surface area contributed by atoms with Gasteiger partial charge in [-0.3, -0.25) is 0 Å². The number of halogens is 1. The maximum atomic E-state index is 5.61. The summed E-state index contributed by atoms with van der Waals surface area (Å²) in [5.74, 6) is 0.947. The van der Waals surface area contributed by atoms with Crippen molar-refractivity contribution >= 4 is 21.7 Å². The Labute approximate surface area is 123 Å². The summed E-state index contributed by atoms with van der Waals surface area (Å²) in [6, 6.07) is 2.06. The van der Waals surface area contributed by atoms with Gasteiger partial charge in [0.15, 0.2) is 0 Å². The highest BCUT2D eigenvalue weighted by atomic mass is 79.9. The number of ether oxygens (including phenoxy) is 2. The topological polar surface area (TPSA) is 43.4 Å². The summed E-state index contributed by atoms with van der Waals surface area (Å²) < 4.78 is 12.1. The number of nitrogens with one attached hydrogen (secondary N) is 1. The molecule has 1 atom stereocenters. The normalized spacial score (nSPS) is 18.7. The lowest BCUT2D eigenvalue weighted by Crippen LogP contribution is -2.16. The molecule has 106 valence electrons. The molecule has 0 aliphatic carbocycles. The quantitative estimate of drug-likeness (QED) is 0.781. The Bertz CT molecular complexity index is 395. The summed E-state index contributed by atoms with van der Waals surface area (Å²) in [6.45, 7) is 5.32. The molecule has 0 saturated carbocycles. The van der Waals surface area contributed by atoms with E-state index in [9.17, 15) is 0 Å². The van der Waals surface area contributed by atoms with Gasteiger partial charge in [0, 0.05) is 30.4 Å². The van der Waals surface area contributed by atoms with Gasteiger partial charge < -0.3 is 14.8 Å². The summed E-state index contributed by atoms with van der Waals surface area (Å²) in [5, 5.41) is 3.33. The predicted molar refractivity (Wildman–Crippen MR) is 79.6 cm³/mol. The van der Waals surface area contributed by atoms with E-state index < -0.39 is 0 Å². The molecule has 0 spiro atoms. The molecule has 1 unspecified atom stereocenters. The molecular formula is C14H21BrN2O2. The van der Waals surface area contributed by atoms with Crippen LogP contribution in [-0.4, -0.2) is 37.5 Å². The van der Waals surface area contributed by atoms with Crippen molar-refractivity contribution in [1.29, 1.82) is 0 Å². The Morgan fingerprint density at radius 1 is 1.58 bits per heavy atom. The highest BCUT2D eigenvalue weighted by Crippen LogP contribution is 2.16. The van der Waals surface area contributed by atoms with Gasteiger partial charge in [0.05, 0.1) is 12.7 Å². The Morgan fingerprint density at radius 3 is 3.21 bits per heavy atom. The van der Waals surface area contributed by atoms with Crippen molar-refractivity contribution in [3.05, 3.63) is 22.3 Å². The Morgan fingerprint density at radius 2 is 2.47 bits per heavy atom. The maximum absolute atomic E-state index is 5.61. The third kappa shape index (κ3) is 5.09. The lowest BCUT2D eigenvalue weighted by molar-refractivity contribution is 0.0172. The summed E-state index contributed by atoms with van der Waals surface area (Å²) in [6.07, 6.45) is 5.42. The average Bonchev–Trinajstić information content (AvgIpc) is 2.89. The number of aryl methyl sites for hydroxylation is 1. The van der Waals surface area contributed by atoms with Crippen LogP contribution in [0.25, 0.3) is 0 Å². The molecule has 0 amide bonds. The number of hydrogen-bond acceptors (Lipinski definition) is 4. The fraction of sp³-hybridized carbons (Fsp3) is 0.643. The number of anilines is 1. The molecular weight excluding hydrogens is 308 g/mol. The van der Waals surface area contributed by atoms with Crippen molar-refractivity contribution in [2.24, 2.45) is 0 Å². The van der Waals surface area contributed by atoms with Crippen LogP contribution in [-0.2, 0) is 9.47 Å². The molecule has 1 fully saturated rings. The first-order valence-electron chi connectivity index (χ1n) is 6.81. The fourth-order valence-corrected chi connectivity index (χ4v) is 2.54. The van der Waals surface area contributed by atoms with E-state index in [4.69, 9.17) is 9.47 Å². The van der Waals surface area contributed by atoms with Crippen LogP contribution in [0.3, 0.4) is 0 Å². The van der Waals surface area contributed by atoms with E-state index in [1.54, 1.807) is 0 Å². The van der Waals surface area contributed by atoms with Crippen molar-refractivity contribution in [2.75, 3.05) is 31.7 Å². The van der Waals surface area contributed by atoms with Crippen molar-refractivity contribution in [2.45, 2.75) is 32.3 Å². The third-order valence-corrected chi connectivity index (χ3v) is 3.56. The molecule has 1 N–H and O–H groups in total. The SMILES string of the molecule is Cc1cc(Br)cnc1NCCCOCC1CCCO1. The smallest absolute Gasteiger partial charge is 0.128 e. The van der Waals surface area contributed by atoms with Crippen LogP contribution in [0.15, 0.2) is 16.7 Å². The van der Waals surface area contributed by atoms with Crippen LogP contribution in [0.5, 0.6) is 0 Å². The minimum atomic E-state index is 0.323. The van der Waals surface area contributed by atoms with Gasteiger partial charge in [0.25, 0.3) is 0 Å². The van der Waals surface area contributed by atoms with Gasteiger partial charge >= 0.3 is 0 Å². The van der Waals surface area contributed by atoms with Crippen LogP contribution < -0.4 is 5.32 Å². The molecule has 0 bridgehead atoms. The van der Waals surface area contributed by atoms with Crippen LogP contribution in [0.4, 0.5) is 5.82 Å². The van der Waals surface area contributed by atoms with Crippen molar-refractivity contribution in [3.8, 4) is 0 Å². The van der Waals surface area contributed by atoms with Crippen molar-refractivity contribution < 1.29 is 9.47 Å². The summed E-state index contributed by atoms with van der Waals surface area (Å²) >= 11 is 3.41.